The maximum absolute atomic E-state index is 12.6. The van der Waals surface area contributed by atoms with E-state index >= 15 is 0 Å². The zero-order valence-corrected chi connectivity index (χ0v) is 17.8. The summed E-state index contributed by atoms with van der Waals surface area (Å²) in [6.45, 7) is 4.39. The van der Waals surface area contributed by atoms with Crippen molar-refractivity contribution in [3.8, 4) is 0 Å². The normalized spacial score (nSPS) is 14.1. The molecular formula is C22H35NO3S. The van der Waals surface area contributed by atoms with Crippen LogP contribution in [0.3, 0.4) is 0 Å². The predicted octanol–water partition coefficient (Wildman–Crippen LogP) is 6.27. The molecule has 27 heavy (non-hydrogen) atoms. The molecule has 0 spiro atoms. The van der Waals surface area contributed by atoms with Crippen LogP contribution in [-0.4, -0.2) is 18.5 Å². The number of fused-ring (bicyclic) bond motifs is 1. The lowest BCUT2D eigenvalue weighted by atomic mass is 9.96. The van der Waals surface area contributed by atoms with Crippen LogP contribution in [0, 0.1) is 0 Å². The van der Waals surface area contributed by atoms with E-state index in [2.05, 4.69) is 12.2 Å². The van der Waals surface area contributed by atoms with Crippen LogP contribution in [0.15, 0.2) is 0 Å². The third-order valence-electron chi connectivity index (χ3n) is 5.16. The number of aryl methyl sites for hydroxylation is 1. The van der Waals surface area contributed by atoms with Gasteiger partial charge in [-0.15, -0.1) is 11.3 Å². The Balaban J connectivity index is 2.02. The summed E-state index contributed by atoms with van der Waals surface area (Å²) in [5, 5.41) is 3.73. The zero-order valence-electron chi connectivity index (χ0n) is 17.0. The van der Waals surface area contributed by atoms with E-state index in [-0.39, 0.29) is 11.9 Å². The Hall–Kier alpha value is -1.36. The van der Waals surface area contributed by atoms with Crippen LogP contribution in [0.1, 0.15) is 105 Å². The van der Waals surface area contributed by atoms with Gasteiger partial charge in [-0.1, -0.05) is 51.9 Å². The van der Waals surface area contributed by atoms with Gasteiger partial charge in [0, 0.05) is 11.3 Å². The minimum absolute atomic E-state index is 0.0188. The third kappa shape index (κ3) is 6.95. The van der Waals surface area contributed by atoms with Gasteiger partial charge in [-0.3, -0.25) is 4.79 Å². The van der Waals surface area contributed by atoms with E-state index < -0.39 is 0 Å². The van der Waals surface area contributed by atoms with Crippen molar-refractivity contribution in [2.75, 3.05) is 11.9 Å². The average Bonchev–Trinajstić information content (AvgIpc) is 2.94. The van der Waals surface area contributed by atoms with Crippen molar-refractivity contribution in [3.05, 3.63) is 16.0 Å². The Morgan fingerprint density at radius 2 is 1.67 bits per heavy atom. The van der Waals surface area contributed by atoms with Crippen molar-refractivity contribution in [1.82, 2.24) is 0 Å². The number of esters is 1. The van der Waals surface area contributed by atoms with Gasteiger partial charge in [-0.2, -0.15) is 0 Å². The molecule has 5 heteroatoms. The fourth-order valence-corrected chi connectivity index (χ4v) is 4.98. The van der Waals surface area contributed by atoms with Crippen LogP contribution >= 0.6 is 11.3 Å². The number of nitrogens with one attached hydrogen (secondary N) is 1. The van der Waals surface area contributed by atoms with E-state index in [1.54, 1.807) is 11.3 Å². The van der Waals surface area contributed by atoms with E-state index in [0.717, 1.165) is 44.1 Å². The smallest absolute Gasteiger partial charge is 0.341 e. The van der Waals surface area contributed by atoms with Gasteiger partial charge in [0.25, 0.3) is 0 Å². The number of hydrogen-bond acceptors (Lipinski definition) is 4. The molecule has 0 unspecified atom stereocenters. The second-order valence-electron chi connectivity index (χ2n) is 7.41. The number of ether oxygens (including phenoxy) is 1. The molecule has 0 aromatic carbocycles. The first-order chi connectivity index (χ1) is 13.2. The lowest BCUT2D eigenvalue weighted by Crippen LogP contribution is -2.15. The predicted molar refractivity (Wildman–Crippen MR) is 113 cm³/mol. The topological polar surface area (TPSA) is 55.4 Å². The van der Waals surface area contributed by atoms with E-state index in [9.17, 15) is 9.59 Å². The van der Waals surface area contributed by atoms with Gasteiger partial charge in [0.2, 0.25) is 5.91 Å². The lowest BCUT2D eigenvalue weighted by molar-refractivity contribution is -0.116. The minimum Gasteiger partial charge on any atom is -0.462 e. The van der Waals surface area contributed by atoms with E-state index in [4.69, 9.17) is 4.74 Å². The van der Waals surface area contributed by atoms with Crippen molar-refractivity contribution in [2.24, 2.45) is 0 Å². The molecule has 0 atom stereocenters. The van der Waals surface area contributed by atoms with Gasteiger partial charge in [-0.25, -0.2) is 4.79 Å². The molecular weight excluding hydrogens is 358 g/mol. The van der Waals surface area contributed by atoms with Crippen LogP contribution in [0.25, 0.3) is 0 Å². The molecule has 152 valence electrons. The first kappa shape index (κ1) is 21.9. The van der Waals surface area contributed by atoms with E-state index in [1.165, 1.54) is 43.4 Å². The monoisotopic (exact) mass is 393 g/mol. The van der Waals surface area contributed by atoms with Crippen LogP contribution in [-0.2, 0) is 22.4 Å². The summed E-state index contributed by atoms with van der Waals surface area (Å²) in [5.41, 5.74) is 1.74. The number of carbonyl (C=O) groups excluding carboxylic acids is 2. The molecule has 1 aliphatic carbocycles. The van der Waals surface area contributed by atoms with Crippen LogP contribution < -0.4 is 5.32 Å². The summed E-state index contributed by atoms with van der Waals surface area (Å²) < 4.78 is 5.30. The molecule has 2 rings (SSSR count). The fourth-order valence-electron chi connectivity index (χ4n) is 3.68. The van der Waals surface area contributed by atoms with Crippen molar-refractivity contribution >= 4 is 28.2 Å². The number of hydrogen-bond donors (Lipinski definition) is 1. The van der Waals surface area contributed by atoms with Gasteiger partial charge in [0.1, 0.15) is 5.00 Å². The largest absolute Gasteiger partial charge is 0.462 e. The van der Waals surface area contributed by atoms with Gasteiger partial charge in [0.15, 0.2) is 0 Å². The third-order valence-corrected chi connectivity index (χ3v) is 6.37. The Morgan fingerprint density at radius 1 is 0.963 bits per heavy atom. The van der Waals surface area contributed by atoms with Crippen molar-refractivity contribution < 1.29 is 14.3 Å². The first-order valence-corrected chi connectivity index (χ1v) is 11.6. The summed E-state index contributed by atoms with van der Waals surface area (Å²) in [7, 11) is 0. The number of anilines is 1. The number of rotatable bonds is 10. The van der Waals surface area contributed by atoms with E-state index in [1.807, 2.05) is 6.92 Å². The van der Waals surface area contributed by atoms with Crippen molar-refractivity contribution in [3.63, 3.8) is 0 Å². The summed E-state index contributed by atoms with van der Waals surface area (Å²) in [6, 6.07) is 0. The van der Waals surface area contributed by atoms with E-state index in [0.29, 0.717) is 23.6 Å². The quantitative estimate of drug-likeness (QED) is 0.376. The minimum atomic E-state index is -0.287. The molecule has 0 aliphatic heterocycles. The maximum Gasteiger partial charge on any atom is 0.341 e. The molecule has 1 aromatic heterocycles. The number of carbonyl (C=O) groups is 2. The van der Waals surface area contributed by atoms with Crippen LogP contribution in [0.2, 0.25) is 0 Å². The second-order valence-corrected chi connectivity index (χ2v) is 8.51. The molecule has 1 heterocycles. The average molecular weight is 394 g/mol. The Morgan fingerprint density at radius 3 is 2.41 bits per heavy atom. The molecule has 1 amide bonds. The zero-order chi connectivity index (χ0) is 19.5. The molecule has 0 fully saturated rings. The van der Waals surface area contributed by atoms with Crippen LogP contribution in [0.5, 0.6) is 0 Å². The summed E-state index contributed by atoms with van der Waals surface area (Å²) >= 11 is 1.58. The van der Waals surface area contributed by atoms with Gasteiger partial charge in [0.05, 0.1) is 12.2 Å². The maximum atomic E-state index is 12.6. The summed E-state index contributed by atoms with van der Waals surface area (Å²) in [6.07, 6.45) is 14.1. The molecule has 1 aromatic rings. The SMILES string of the molecule is CCCCCCCCC(=O)Nc1sc2c(c1C(=O)OCC)CCCCCC2. The Bertz CT molecular complexity index is 609. The Kier molecular flexibility index (Phi) is 9.89. The summed E-state index contributed by atoms with van der Waals surface area (Å²) in [4.78, 5) is 26.3. The lowest BCUT2D eigenvalue weighted by Gasteiger charge is -2.11. The number of unbranched alkanes of at least 4 members (excludes halogenated alkanes) is 5. The molecule has 0 radical (unpaired) electrons. The molecule has 1 aliphatic rings. The second kappa shape index (κ2) is 12.2. The molecule has 0 saturated carbocycles. The molecule has 0 bridgehead atoms. The van der Waals surface area contributed by atoms with Gasteiger partial charge >= 0.3 is 5.97 Å². The highest BCUT2D eigenvalue weighted by Crippen LogP contribution is 2.37. The van der Waals surface area contributed by atoms with Gasteiger partial charge < -0.3 is 10.1 Å². The van der Waals surface area contributed by atoms with Crippen molar-refractivity contribution in [2.45, 2.75) is 97.3 Å². The standard InChI is InChI=1S/C22H35NO3S/c1-3-5-6-7-8-13-16-19(24)23-21-20(22(25)26-4-2)17-14-11-9-10-12-15-18(17)27-21/h3-16H2,1-2H3,(H,23,24). The first-order valence-electron chi connectivity index (χ1n) is 10.8. The fraction of sp³-hybridized carbons (Fsp3) is 0.727. The number of thiophene rings is 1. The molecule has 0 saturated heterocycles. The molecule has 4 nitrogen and oxygen atoms in total. The highest BCUT2D eigenvalue weighted by Gasteiger charge is 2.26. The highest BCUT2D eigenvalue weighted by atomic mass is 32.1. The number of amides is 1. The molecule has 1 N–H and O–H groups in total. The van der Waals surface area contributed by atoms with Crippen LogP contribution in [0.4, 0.5) is 5.00 Å². The van der Waals surface area contributed by atoms with Gasteiger partial charge in [-0.05, 0) is 44.6 Å². The Labute approximate surface area is 168 Å². The highest BCUT2D eigenvalue weighted by molar-refractivity contribution is 7.17. The van der Waals surface area contributed by atoms with Crippen molar-refractivity contribution in [1.29, 1.82) is 0 Å². The summed E-state index contributed by atoms with van der Waals surface area (Å²) in [5.74, 6) is -0.268.